The highest BCUT2D eigenvalue weighted by Crippen LogP contribution is 1.92. The number of nitrogens with zero attached hydrogens (tertiary/aromatic N) is 2. The van der Waals surface area contributed by atoms with Gasteiger partial charge in [-0.1, -0.05) is 0 Å². The molecule has 0 fully saturated rings. The van der Waals surface area contributed by atoms with E-state index in [4.69, 9.17) is 9.47 Å². The van der Waals surface area contributed by atoms with Crippen LogP contribution >= 0.6 is 0 Å². The molecular formula is C10H17N3O2. The van der Waals surface area contributed by atoms with Crippen molar-refractivity contribution >= 4 is 0 Å². The van der Waals surface area contributed by atoms with Gasteiger partial charge in [0.2, 0.25) is 0 Å². The quantitative estimate of drug-likeness (QED) is 0.699. The first-order chi connectivity index (χ1) is 7.36. The van der Waals surface area contributed by atoms with Crippen molar-refractivity contribution in [3.63, 3.8) is 0 Å². The number of ether oxygens (including phenoxy) is 2. The van der Waals surface area contributed by atoms with Crippen molar-refractivity contribution in [1.29, 1.82) is 0 Å². The molecule has 1 unspecified atom stereocenters. The van der Waals surface area contributed by atoms with Crippen LogP contribution in [0.1, 0.15) is 5.69 Å². The second-order valence-electron chi connectivity index (χ2n) is 3.14. The van der Waals surface area contributed by atoms with E-state index >= 15 is 0 Å². The molecule has 0 aliphatic carbocycles. The average Bonchev–Trinajstić information content (AvgIpc) is 2.29. The molecule has 15 heavy (non-hydrogen) atoms. The zero-order valence-corrected chi connectivity index (χ0v) is 9.14. The summed E-state index contributed by atoms with van der Waals surface area (Å²) in [6.45, 7) is 2.05. The summed E-state index contributed by atoms with van der Waals surface area (Å²) in [6.07, 6.45) is 3.35. The van der Waals surface area contributed by atoms with E-state index in [1.54, 1.807) is 26.7 Å². The standard InChI is InChI=1S/C10H17N3O2/c1-14-7-10(15-2)6-12-5-9-3-4-11-8-13-9/h3-4,8,10,12H,5-7H2,1-2H3. The summed E-state index contributed by atoms with van der Waals surface area (Å²) in [5.41, 5.74) is 0.970. The van der Waals surface area contributed by atoms with Crippen molar-refractivity contribution < 1.29 is 9.47 Å². The minimum absolute atomic E-state index is 0.0804. The van der Waals surface area contributed by atoms with Gasteiger partial charge < -0.3 is 14.8 Å². The topological polar surface area (TPSA) is 56.3 Å². The smallest absolute Gasteiger partial charge is 0.115 e. The zero-order valence-electron chi connectivity index (χ0n) is 9.14. The molecule has 0 aromatic carbocycles. The number of aromatic nitrogens is 2. The van der Waals surface area contributed by atoms with Gasteiger partial charge in [0, 0.05) is 33.5 Å². The van der Waals surface area contributed by atoms with Gasteiger partial charge in [0.05, 0.1) is 18.4 Å². The van der Waals surface area contributed by atoms with Gasteiger partial charge in [-0.25, -0.2) is 9.97 Å². The van der Waals surface area contributed by atoms with Crippen molar-refractivity contribution in [2.75, 3.05) is 27.4 Å². The Bertz CT molecular complexity index is 256. The van der Waals surface area contributed by atoms with E-state index in [-0.39, 0.29) is 6.10 Å². The van der Waals surface area contributed by atoms with E-state index < -0.39 is 0 Å². The number of rotatable bonds is 7. The first kappa shape index (κ1) is 12.0. The number of nitrogens with one attached hydrogen (secondary N) is 1. The minimum atomic E-state index is 0.0804. The minimum Gasteiger partial charge on any atom is -0.382 e. The van der Waals surface area contributed by atoms with Gasteiger partial charge in [0.1, 0.15) is 6.33 Å². The lowest BCUT2D eigenvalue weighted by atomic mass is 10.3. The monoisotopic (exact) mass is 211 g/mol. The summed E-state index contributed by atoms with van der Waals surface area (Å²) in [6, 6.07) is 1.88. The Hall–Kier alpha value is -1.04. The van der Waals surface area contributed by atoms with Crippen LogP contribution in [0.2, 0.25) is 0 Å². The largest absolute Gasteiger partial charge is 0.382 e. The fourth-order valence-corrected chi connectivity index (χ4v) is 1.18. The summed E-state index contributed by atoms with van der Waals surface area (Å²) in [4.78, 5) is 7.95. The summed E-state index contributed by atoms with van der Waals surface area (Å²) >= 11 is 0. The van der Waals surface area contributed by atoms with Gasteiger partial charge in [0.15, 0.2) is 0 Å². The van der Waals surface area contributed by atoms with Crippen LogP contribution in [0.25, 0.3) is 0 Å². The van der Waals surface area contributed by atoms with Crippen LogP contribution in [0.15, 0.2) is 18.6 Å². The normalized spacial score (nSPS) is 12.7. The van der Waals surface area contributed by atoms with Crippen molar-refractivity contribution in [3.05, 3.63) is 24.3 Å². The molecule has 0 spiro atoms. The van der Waals surface area contributed by atoms with Crippen LogP contribution in [0.3, 0.4) is 0 Å². The molecule has 5 heteroatoms. The van der Waals surface area contributed by atoms with Crippen LogP contribution < -0.4 is 5.32 Å². The number of hydrogen-bond donors (Lipinski definition) is 1. The molecule has 1 atom stereocenters. The molecule has 0 amide bonds. The van der Waals surface area contributed by atoms with Gasteiger partial charge >= 0.3 is 0 Å². The molecule has 1 aromatic heterocycles. The van der Waals surface area contributed by atoms with Crippen molar-refractivity contribution in [2.24, 2.45) is 0 Å². The molecular weight excluding hydrogens is 194 g/mol. The third-order valence-corrected chi connectivity index (χ3v) is 2.01. The lowest BCUT2D eigenvalue weighted by Crippen LogP contribution is -2.31. The number of methoxy groups -OCH3 is 2. The summed E-state index contributed by atoms with van der Waals surface area (Å²) < 4.78 is 10.2. The van der Waals surface area contributed by atoms with Gasteiger partial charge in [0.25, 0.3) is 0 Å². The summed E-state index contributed by atoms with van der Waals surface area (Å²) in [5, 5.41) is 3.24. The molecule has 0 saturated carbocycles. The van der Waals surface area contributed by atoms with E-state index in [0.717, 1.165) is 12.2 Å². The second-order valence-corrected chi connectivity index (χ2v) is 3.14. The predicted molar refractivity (Wildman–Crippen MR) is 56.4 cm³/mol. The van der Waals surface area contributed by atoms with Gasteiger partial charge in [-0.05, 0) is 6.07 Å². The Balaban J connectivity index is 2.20. The molecule has 0 aliphatic heterocycles. The lowest BCUT2D eigenvalue weighted by Gasteiger charge is -2.14. The van der Waals surface area contributed by atoms with Crippen LogP contribution in [-0.4, -0.2) is 43.4 Å². The zero-order chi connectivity index (χ0) is 10.9. The molecule has 1 rings (SSSR count). The molecule has 0 aliphatic rings. The third kappa shape index (κ3) is 4.83. The van der Waals surface area contributed by atoms with Crippen LogP contribution in [0, 0.1) is 0 Å². The SMILES string of the molecule is COCC(CNCc1ccncn1)OC. The molecule has 84 valence electrons. The van der Waals surface area contributed by atoms with E-state index in [0.29, 0.717) is 13.2 Å². The number of hydrogen-bond acceptors (Lipinski definition) is 5. The van der Waals surface area contributed by atoms with E-state index in [9.17, 15) is 0 Å². The average molecular weight is 211 g/mol. The highest BCUT2D eigenvalue weighted by molar-refractivity contribution is 4.96. The Morgan fingerprint density at radius 3 is 2.93 bits per heavy atom. The van der Waals surface area contributed by atoms with Gasteiger partial charge in [-0.15, -0.1) is 0 Å². The summed E-state index contributed by atoms with van der Waals surface area (Å²) in [5.74, 6) is 0. The Morgan fingerprint density at radius 2 is 2.33 bits per heavy atom. The molecule has 0 radical (unpaired) electrons. The molecule has 0 saturated heterocycles. The first-order valence-corrected chi connectivity index (χ1v) is 4.84. The lowest BCUT2D eigenvalue weighted by molar-refractivity contribution is 0.0287. The highest BCUT2D eigenvalue weighted by Gasteiger charge is 2.05. The van der Waals surface area contributed by atoms with Crippen LogP contribution in [0.4, 0.5) is 0 Å². The van der Waals surface area contributed by atoms with E-state index in [2.05, 4.69) is 15.3 Å². The van der Waals surface area contributed by atoms with Crippen molar-refractivity contribution in [3.8, 4) is 0 Å². The fourth-order valence-electron chi connectivity index (χ4n) is 1.18. The summed E-state index contributed by atoms with van der Waals surface area (Å²) in [7, 11) is 3.34. The van der Waals surface area contributed by atoms with Crippen molar-refractivity contribution in [1.82, 2.24) is 15.3 Å². The molecule has 1 aromatic rings. The van der Waals surface area contributed by atoms with E-state index in [1.807, 2.05) is 6.07 Å². The van der Waals surface area contributed by atoms with Gasteiger partial charge in [-0.2, -0.15) is 0 Å². The van der Waals surface area contributed by atoms with Crippen LogP contribution in [-0.2, 0) is 16.0 Å². The molecule has 5 nitrogen and oxygen atoms in total. The van der Waals surface area contributed by atoms with Crippen LogP contribution in [0.5, 0.6) is 0 Å². The maximum atomic E-state index is 5.21. The Kier molecular flexibility index (Phi) is 5.84. The molecule has 0 bridgehead atoms. The molecule has 1 heterocycles. The predicted octanol–water partition coefficient (Wildman–Crippen LogP) is 0.228. The molecule has 1 N–H and O–H groups in total. The second kappa shape index (κ2) is 7.28. The third-order valence-electron chi connectivity index (χ3n) is 2.01. The van der Waals surface area contributed by atoms with Crippen molar-refractivity contribution in [2.45, 2.75) is 12.6 Å². The van der Waals surface area contributed by atoms with E-state index in [1.165, 1.54) is 0 Å². The van der Waals surface area contributed by atoms with Gasteiger partial charge in [-0.3, -0.25) is 0 Å². The fraction of sp³-hybridized carbons (Fsp3) is 0.600. The highest BCUT2D eigenvalue weighted by atomic mass is 16.5. The maximum Gasteiger partial charge on any atom is 0.115 e. The maximum absolute atomic E-state index is 5.21. The Labute approximate surface area is 89.8 Å². The Morgan fingerprint density at radius 1 is 1.47 bits per heavy atom. The first-order valence-electron chi connectivity index (χ1n) is 4.84.